The molecule has 0 unspecified atom stereocenters. The van der Waals surface area contributed by atoms with Crippen molar-refractivity contribution < 1.29 is 0 Å². The van der Waals surface area contributed by atoms with E-state index in [1.165, 1.54) is 0 Å². The Bertz CT molecular complexity index is 160. The molecule has 0 fully saturated rings. The Kier molecular flexibility index (Phi) is 3.53. The molecule has 0 rings (SSSR count). The average Bonchev–Trinajstić information content (AvgIpc) is 1.80. The quantitative estimate of drug-likeness (QED) is 0.614. The van der Waals surface area contributed by atoms with Gasteiger partial charge in [0, 0.05) is 12.1 Å². The summed E-state index contributed by atoms with van der Waals surface area (Å²) in [5, 5.41) is 3.34. The number of rotatable bonds is 3. The summed E-state index contributed by atoms with van der Waals surface area (Å²) in [6.45, 7) is 16.9. The molecule has 11 heavy (non-hydrogen) atoms. The van der Waals surface area contributed by atoms with Gasteiger partial charge in [0.15, 0.2) is 0 Å². The lowest BCUT2D eigenvalue weighted by atomic mass is 10.1. The van der Waals surface area contributed by atoms with Gasteiger partial charge in [0.05, 0.1) is 0 Å². The van der Waals surface area contributed by atoms with Crippen LogP contribution in [0.4, 0.5) is 0 Å². The molecule has 0 aliphatic rings. The van der Waals surface area contributed by atoms with Gasteiger partial charge >= 0.3 is 0 Å². The fourth-order valence-corrected chi connectivity index (χ4v) is 0.523. The van der Waals surface area contributed by atoms with E-state index in [-0.39, 0.29) is 5.54 Å². The van der Waals surface area contributed by atoms with Crippen LogP contribution in [0, 0.1) is 0 Å². The van der Waals surface area contributed by atoms with Gasteiger partial charge in [-0.3, -0.25) is 0 Å². The fraction of sp³-hybridized carbons (Fsp3) is 0.600. The highest BCUT2D eigenvalue weighted by Crippen LogP contribution is 2.04. The molecular weight excluding hydrogens is 134 g/mol. The molecule has 0 amide bonds. The number of hydrogen-bond donors (Lipinski definition) is 1. The standard InChI is InChI=1S/C10H19N/c1-8(2)9(3)7-11-10(4,5)6/h11H,1,3,7H2,2,4-6H3. The summed E-state index contributed by atoms with van der Waals surface area (Å²) in [5.74, 6) is 0. The molecule has 0 bridgehead atoms. The first-order valence-corrected chi connectivity index (χ1v) is 3.91. The summed E-state index contributed by atoms with van der Waals surface area (Å²) in [4.78, 5) is 0. The van der Waals surface area contributed by atoms with Crippen LogP contribution < -0.4 is 5.32 Å². The van der Waals surface area contributed by atoms with Crippen LogP contribution in [0.25, 0.3) is 0 Å². The lowest BCUT2D eigenvalue weighted by molar-refractivity contribution is 0.445. The van der Waals surface area contributed by atoms with Crippen LogP contribution >= 0.6 is 0 Å². The van der Waals surface area contributed by atoms with Crippen LogP contribution in [0.2, 0.25) is 0 Å². The predicted molar refractivity (Wildman–Crippen MR) is 51.7 cm³/mol. The van der Waals surface area contributed by atoms with Crippen LogP contribution in [0.1, 0.15) is 27.7 Å². The summed E-state index contributed by atoms with van der Waals surface area (Å²) >= 11 is 0. The Morgan fingerprint density at radius 1 is 1.27 bits per heavy atom. The van der Waals surface area contributed by atoms with Gasteiger partial charge in [0.2, 0.25) is 0 Å². The zero-order valence-electron chi connectivity index (χ0n) is 8.12. The Hall–Kier alpha value is -0.560. The Morgan fingerprint density at radius 3 is 2.00 bits per heavy atom. The normalized spacial score (nSPS) is 11.3. The molecule has 1 heteroatoms. The van der Waals surface area contributed by atoms with Gasteiger partial charge in [0.1, 0.15) is 0 Å². The van der Waals surface area contributed by atoms with Crippen LogP contribution in [-0.2, 0) is 0 Å². The second-order valence-corrected chi connectivity index (χ2v) is 3.99. The van der Waals surface area contributed by atoms with Crippen molar-refractivity contribution in [2.75, 3.05) is 6.54 Å². The highest BCUT2D eigenvalue weighted by molar-refractivity contribution is 5.24. The van der Waals surface area contributed by atoms with Gasteiger partial charge in [0.25, 0.3) is 0 Å². The van der Waals surface area contributed by atoms with E-state index in [9.17, 15) is 0 Å². The summed E-state index contributed by atoms with van der Waals surface area (Å²) < 4.78 is 0. The van der Waals surface area contributed by atoms with Crippen LogP contribution in [0.5, 0.6) is 0 Å². The third-order valence-electron chi connectivity index (χ3n) is 1.44. The minimum Gasteiger partial charge on any atom is -0.308 e. The minimum absolute atomic E-state index is 0.165. The Labute approximate surface area is 70.2 Å². The first kappa shape index (κ1) is 10.4. The Morgan fingerprint density at radius 2 is 1.73 bits per heavy atom. The van der Waals surface area contributed by atoms with E-state index in [1.54, 1.807) is 0 Å². The van der Waals surface area contributed by atoms with Crippen molar-refractivity contribution in [1.82, 2.24) is 5.32 Å². The first-order chi connectivity index (χ1) is 4.83. The number of nitrogens with one attached hydrogen (secondary N) is 1. The average molecular weight is 153 g/mol. The molecule has 1 nitrogen and oxygen atoms in total. The molecule has 0 aliphatic heterocycles. The molecule has 0 aliphatic carbocycles. The molecular formula is C10H19N. The van der Waals surface area contributed by atoms with Crippen LogP contribution in [0.15, 0.2) is 24.3 Å². The van der Waals surface area contributed by atoms with Crippen molar-refractivity contribution in [3.05, 3.63) is 24.3 Å². The molecule has 64 valence electrons. The molecule has 0 saturated heterocycles. The maximum Gasteiger partial charge on any atom is 0.0206 e. The molecule has 0 atom stereocenters. The second kappa shape index (κ2) is 3.72. The van der Waals surface area contributed by atoms with Crippen LogP contribution in [-0.4, -0.2) is 12.1 Å². The summed E-state index contributed by atoms with van der Waals surface area (Å²) in [6, 6.07) is 0. The van der Waals surface area contributed by atoms with E-state index in [1.807, 2.05) is 6.92 Å². The molecule has 0 aromatic carbocycles. The summed E-state index contributed by atoms with van der Waals surface area (Å²) in [7, 11) is 0. The van der Waals surface area contributed by atoms with Crippen molar-refractivity contribution in [2.45, 2.75) is 33.2 Å². The highest BCUT2D eigenvalue weighted by atomic mass is 14.9. The van der Waals surface area contributed by atoms with E-state index in [4.69, 9.17) is 0 Å². The van der Waals surface area contributed by atoms with E-state index in [0.29, 0.717) is 0 Å². The molecule has 0 aromatic heterocycles. The molecule has 0 aromatic rings. The SMILES string of the molecule is C=C(C)C(=C)CNC(C)(C)C. The van der Waals surface area contributed by atoms with Crippen molar-refractivity contribution in [3.63, 3.8) is 0 Å². The largest absolute Gasteiger partial charge is 0.308 e. The Balaban J connectivity index is 3.73. The van der Waals surface area contributed by atoms with E-state index in [2.05, 4.69) is 39.2 Å². The summed E-state index contributed by atoms with van der Waals surface area (Å²) in [6.07, 6.45) is 0. The summed E-state index contributed by atoms with van der Waals surface area (Å²) in [5.41, 5.74) is 2.31. The monoisotopic (exact) mass is 153 g/mol. The topological polar surface area (TPSA) is 12.0 Å². The van der Waals surface area contributed by atoms with E-state index < -0.39 is 0 Å². The van der Waals surface area contributed by atoms with E-state index >= 15 is 0 Å². The zero-order chi connectivity index (χ0) is 9.07. The lowest BCUT2D eigenvalue weighted by Gasteiger charge is -2.21. The highest BCUT2D eigenvalue weighted by Gasteiger charge is 2.08. The third-order valence-corrected chi connectivity index (χ3v) is 1.44. The predicted octanol–water partition coefficient (Wildman–Crippen LogP) is 2.51. The molecule has 1 N–H and O–H groups in total. The van der Waals surface area contributed by atoms with Crippen molar-refractivity contribution in [3.8, 4) is 0 Å². The van der Waals surface area contributed by atoms with Gasteiger partial charge < -0.3 is 5.32 Å². The van der Waals surface area contributed by atoms with Gasteiger partial charge in [-0.05, 0) is 33.3 Å². The van der Waals surface area contributed by atoms with Crippen molar-refractivity contribution in [1.29, 1.82) is 0 Å². The van der Waals surface area contributed by atoms with Gasteiger partial charge in [-0.15, -0.1) is 0 Å². The maximum absolute atomic E-state index is 3.90. The van der Waals surface area contributed by atoms with E-state index in [0.717, 1.165) is 17.7 Å². The smallest absolute Gasteiger partial charge is 0.0206 e. The molecule has 0 saturated carbocycles. The van der Waals surface area contributed by atoms with Gasteiger partial charge in [-0.1, -0.05) is 18.7 Å². The van der Waals surface area contributed by atoms with Crippen molar-refractivity contribution >= 4 is 0 Å². The van der Waals surface area contributed by atoms with Crippen molar-refractivity contribution in [2.24, 2.45) is 0 Å². The maximum atomic E-state index is 3.90. The van der Waals surface area contributed by atoms with Gasteiger partial charge in [-0.2, -0.15) is 0 Å². The molecule has 0 heterocycles. The molecule has 0 spiro atoms. The lowest BCUT2D eigenvalue weighted by Crippen LogP contribution is -2.37. The van der Waals surface area contributed by atoms with Crippen LogP contribution in [0.3, 0.4) is 0 Å². The number of hydrogen-bond acceptors (Lipinski definition) is 1. The third kappa shape index (κ3) is 5.86. The fourth-order valence-electron chi connectivity index (χ4n) is 0.523. The minimum atomic E-state index is 0.165. The first-order valence-electron chi connectivity index (χ1n) is 3.91. The second-order valence-electron chi connectivity index (χ2n) is 3.99. The molecule has 0 radical (unpaired) electrons. The zero-order valence-corrected chi connectivity index (χ0v) is 8.12. The van der Waals surface area contributed by atoms with Gasteiger partial charge in [-0.25, -0.2) is 0 Å².